The van der Waals surface area contributed by atoms with Crippen LogP contribution in [0.3, 0.4) is 0 Å². The molecule has 7 nitrogen and oxygen atoms in total. The first-order valence-corrected chi connectivity index (χ1v) is 17.2. The van der Waals surface area contributed by atoms with Gasteiger partial charge in [-0.05, 0) is 108 Å². The minimum absolute atomic E-state index is 0.0110. The minimum Gasteiger partial charge on any atom is -0.465 e. The van der Waals surface area contributed by atoms with E-state index in [1.807, 2.05) is 48.7 Å². The monoisotopic (exact) mass is 617 g/mol. The first kappa shape index (κ1) is 36.0. The van der Waals surface area contributed by atoms with Crippen molar-refractivity contribution < 1.29 is 19.1 Å². The van der Waals surface area contributed by atoms with E-state index in [1.165, 1.54) is 49.2 Å². The van der Waals surface area contributed by atoms with E-state index in [9.17, 15) is 14.4 Å². The zero-order valence-corrected chi connectivity index (χ0v) is 28.6. The molecule has 7 heteroatoms. The number of amides is 1. The molecule has 0 spiro atoms. The van der Waals surface area contributed by atoms with Gasteiger partial charge in [0, 0.05) is 28.9 Å². The van der Waals surface area contributed by atoms with Crippen molar-refractivity contribution in [2.24, 2.45) is 0 Å². The average molecular weight is 618 g/mol. The molecule has 0 radical (unpaired) electrons. The second-order valence-corrected chi connectivity index (χ2v) is 12.3. The molecule has 2 heterocycles. The van der Waals surface area contributed by atoms with Gasteiger partial charge in [0.15, 0.2) is 0 Å². The number of fused-ring (bicyclic) bond motifs is 1. The highest BCUT2D eigenvalue weighted by molar-refractivity contribution is 6.10. The predicted molar refractivity (Wildman–Crippen MR) is 183 cm³/mol. The van der Waals surface area contributed by atoms with Gasteiger partial charge in [-0.25, -0.2) is 0 Å². The summed E-state index contributed by atoms with van der Waals surface area (Å²) in [5.74, 6) is -0.674. The van der Waals surface area contributed by atoms with Gasteiger partial charge in [0.1, 0.15) is 6.54 Å². The molecule has 0 aliphatic heterocycles. The average Bonchev–Trinajstić information content (AvgIpc) is 3.40. The van der Waals surface area contributed by atoms with Gasteiger partial charge in [-0.2, -0.15) is 0 Å². The Morgan fingerprint density at radius 2 is 1.42 bits per heavy atom. The molecular weight excluding hydrogens is 562 g/mol. The minimum atomic E-state index is -0.426. The molecule has 1 aromatic carbocycles. The van der Waals surface area contributed by atoms with Crippen molar-refractivity contribution in [1.29, 1.82) is 0 Å². The lowest BCUT2D eigenvalue weighted by Gasteiger charge is -2.25. The van der Waals surface area contributed by atoms with Crippen LogP contribution in [0.1, 0.15) is 124 Å². The van der Waals surface area contributed by atoms with E-state index in [-0.39, 0.29) is 30.9 Å². The number of rotatable bonds is 20. The van der Waals surface area contributed by atoms with Gasteiger partial charge in [-0.1, -0.05) is 64.3 Å². The Balaban J connectivity index is 1.80. The van der Waals surface area contributed by atoms with E-state index in [0.717, 1.165) is 49.7 Å². The van der Waals surface area contributed by atoms with E-state index < -0.39 is 5.97 Å². The maximum absolute atomic E-state index is 14.0. The van der Waals surface area contributed by atoms with Gasteiger partial charge in [0.2, 0.25) is 5.78 Å². The normalized spacial score (nSPS) is 11.5. The summed E-state index contributed by atoms with van der Waals surface area (Å²) in [6.07, 6.45) is 11.6. The summed E-state index contributed by atoms with van der Waals surface area (Å²) >= 11 is 0. The zero-order valence-electron chi connectivity index (χ0n) is 28.6. The first-order chi connectivity index (χ1) is 21.7. The van der Waals surface area contributed by atoms with Crippen LogP contribution in [-0.4, -0.2) is 70.7 Å². The summed E-state index contributed by atoms with van der Waals surface area (Å²) in [5.41, 5.74) is 4.84. The summed E-state index contributed by atoms with van der Waals surface area (Å²) in [4.78, 5) is 43.7. The van der Waals surface area contributed by atoms with Gasteiger partial charge < -0.3 is 18.9 Å². The fourth-order valence-electron chi connectivity index (χ4n) is 5.75. The van der Waals surface area contributed by atoms with Crippen molar-refractivity contribution in [2.45, 2.75) is 105 Å². The van der Waals surface area contributed by atoms with Crippen LogP contribution >= 0.6 is 0 Å². The number of carbonyl (C=O) groups is 3. The molecule has 3 rings (SSSR count). The van der Waals surface area contributed by atoms with Crippen LogP contribution in [0.4, 0.5) is 0 Å². The van der Waals surface area contributed by atoms with Gasteiger partial charge in [-0.3, -0.25) is 14.4 Å². The van der Waals surface area contributed by atoms with E-state index in [1.54, 1.807) is 13.0 Å². The van der Waals surface area contributed by atoms with Gasteiger partial charge >= 0.3 is 5.97 Å². The summed E-state index contributed by atoms with van der Waals surface area (Å²) in [5, 5.41) is 0. The highest BCUT2D eigenvalue weighted by Crippen LogP contribution is 2.24. The quantitative estimate of drug-likeness (QED) is 0.0957. The van der Waals surface area contributed by atoms with Crippen LogP contribution < -0.4 is 0 Å². The fourth-order valence-corrected chi connectivity index (χ4v) is 5.75. The summed E-state index contributed by atoms with van der Waals surface area (Å²) in [6.45, 7) is 15.8. The molecular formula is C38H55N3O4. The number of nitrogens with zero attached hydrogens (tertiary/aromatic N) is 3. The molecule has 0 unspecified atom stereocenters. The van der Waals surface area contributed by atoms with Crippen LogP contribution in [0, 0.1) is 0 Å². The number of pyridine rings is 1. The fraction of sp³-hybridized carbons (Fsp3) is 0.553. The highest BCUT2D eigenvalue weighted by Gasteiger charge is 2.24. The van der Waals surface area contributed by atoms with Crippen molar-refractivity contribution >= 4 is 23.2 Å². The van der Waals surface area contributed by atoms with Gasteiger partial charge in [0.25, 0.3) is 5.91 Å². The molecule has 0 fully saturated rings. The third kappa shape index (κ3) is 10.3. The lowest BCUT2D eigenvalue weighted by molar-refractivity contribution is -0.144. The summed E-state index contributed by atoms with van der Waals surface area (Å²) < 4.78 is 7.00. The Labute approximate surface area is 270 Å². The number of benzene rings is 1. The summed E-state index contributed by atoms with van der Waals surface area (Å²) in [7, 11) is 0. The molecule has 1 amide bonds. The zero-order chi connectivity index (χ0) is 32.8. The predicted octanol–water partition coefficient (Wildman–Crippen LogP) is 7.76. The number of carbonyl (C=O) groups excluding carboxylic acids is 3. The number of unbranched alkanes of at least 4 members (excludes halogenated alkanes) is 3. The molecule has 0 atom stereocenters. The van der Waals surface area contributed by atoms with Crippen molar-refractivity contribution in [3.8, 4) is 0 Å². The molecule has 2 aromatic heterocycles. The second-order valence-electron chi connectivity index (χ2n) is 12.3. The number of ketones is 1. The maximum atomic E-state index is 14.0. The molecule has 3 aromatic rings. The number of ether oxygens (including phenoxy) is 1. The van der Waals surface area contributed by atoms with Gasteiger partial charge in [0.05, 0.1) is 12.3 Å². The molecule has 45 heavy (non-hydrogen) atoms. The third-order valence-electron chi connectivity index (χ3n) is 8.41. The molecule has 0 saturated heterocycles. The van der Waals surface area contributed by atoms with Crippen LogP contribution in [0.15, 0.2) is 48.7 Å². The number of hydrogen-bond donors (Lipinski definition) is 0. The maximum Gasteiger partial charge on any atom is 0.325 e. The molecule has 0 saturated carbocycles. The van der Waals surface area contributed by atoms with E-state index in [4.69, 9.17) is 4.74 Å². The lowest BCUT2D eigenvalue weighted by Crippen LogP contribution is -2.41. The molecule has 0 aliphatic carbocycles. The molecule has 246 valence electrons. The van der Waals surface area contributed by atoms with E-state index in [0.29, 0.717) is 16.8 Å². The molecule has 0 aliphatic rings. The Morgan fingerprint density at radius 1 is 0.778 bits per heavy atom. The van der Waals surface area contributed by atoms with Gasteiger partial charge in [-0.15, -0.1) is 0 Å². The topological polar surface area (TPSA) is 71.3 Å². The Hall–Kier alpha value is -3.45. The first-order valence-electron chi connectivity index (χ1n) is 17.2. The largest absolute Gasteiger partial charge is 0.465 e. The van der Waals surface area contributed by atoms with Crippen LogP contribution in [0.25, 0.3) is 5.52 Å². The Kier molecular flexibility index (Phi) is 14.8. The van der Waals surface area contributed by atoms with E-state index >= 15 is 0 Å². The van der Waals surface area contributed by atoms with Crippen molar-refractivity contribution in [3.05, 3.63) is 76.6 Å². The lowest BCUT2D eigenvalue weighted by atomic mass is 10.00. The second kappa shape index (κ2) is 18.5. The van der Waals surface area contributed by atoms with Crippen LogP contribution in [0.2, 0.25) is 0 Å². The van der Waals surface area contributed by atoms with Crippen molar-refractivity contribution in [3.63, 3.8) is 0 Å². The van der Waals surface area contributed by atoms with Crippen LogP contribution in [-0.2, 0) is 22.4 Å². The van der Waals surface area contributed by atoms with Crippen molar-refractivity contribution in [2.75, 3.05) is 32.8 Å². The molecule has 0 N–H and O–H groups in total. The Bertz CT molecular complexity index is 1370. The van der Waals surface area contributed by atoms with Crippen LogP contribution in [0.5, 0.6) is 0 Å². The smallest absolute Gasteiger partial charge is 0.325 e. The number of aromatic nitrogens is 1. The van der Waals surface area contributed by atoms with E-state index in [2.05, 4.69) is 37.8 Å². The molecule has 0 bridgehead atoms. The Morgan fingerprint density at radius 3 is 2.02 bits per heavy atom. The summed E-state index contributed by atoms with van der Waals surface area (Å²) in [6, 6.07) is 13.5. The third-order valence-corrected chi connectivity index (χ3v) is 8.41. The van der Waals surface area contributed by atoms with Crippen molar-refractivity contribution in [1.82, 2.24) is 14.2 Å². The SMILES string of the molecule is CCCCc1cc2cc(C(=O)N(CC(=O)OCC)C(C)C)ccn2c1C(=O)c1ccc(CCCN(CCCC)CCCC)cc1. The number of esters is 1. The number of hydrogen-bond acceptors (Lipinski definition) is 5. The highest BCUT2D eigenvalue weighted by atomic mass is 16.5. The standard InChI is InChI=1S/C38H55N3O4/c1-7-11-16-32-26-34-27-33(38(44)41(29(5)6)28-35(42)45-10-4)21-25-40(34)36(32)37(43)31-19-17-30(18-20-31)15-14-24-39(22-12-8-2)23-13-9-3/h17-21,25-27,29H,7-16,22-24,28H2,1-6H3. The number of aryl methyl sites for hydroxylation is 2.